The summed E-state index contributed by atoms with van der Waals surface area (Å²) in [5.41, 5.74) is 8.45. The van der Waals surface area contributed by atoms with Crippen LogP contribution in [0.2, 0.25) is 0 Å². The highest BCUT2D eigenvalue weighted by atomic mass is 35.5. The van der Waals surface area contributed by atoms with E-state index in [0.717, 1.165) is 29.8 Å². The molecule has 0 aliphatic rings. The molecule has 0 atom stereocenters. The monoisotopic (exact) mass is 308 g/mol. The zero-order valence-electron chi connectivity index (χ0n) is 12.1. The number of rotatable bonds is 6. The van der Waals surface area contributed by atoms with Crippen LogP contribution in [0.5, 0.6) is 0 Å². The van der Waals surface area contributed by atoms with E-state index in [-0.39, 0.29) is 24.9 Å². The quantitative estimate of drug-likeness (QED) is 0.855. The first-order chi connectivity index (χ1) is 9.70. The van der Waals surface area contributed by atoms with Gasteiger partial charge in [-0.15, -0.1) is 12.4 Å². The van der Waals surface area contributed by atoms with Gasteiger partial charge in [0.2, 0.25) is 5.91 Å². The fraction of sp³-hybridized carbons (Fsp3) is 0.333. The van der Waals surface area contributed by atoms with Crippen molar-refractivity contribution < 1.29 is 4.79 Å². The molecule has 6 heteroatoms. The van der Waals surface area contributed by atoms with Crippen LogP contribution in [0, 0.1) is 0 Å². The molecule has 1 aromatic heterocycles. The lowest BCUT2D eigenvalue weighted by Crippen LogP contribution is -2.33. The third-order valence-electron chi connectivity index (χ3n) is 3.24. The minimum atomic E-state index is -0.0282. The lowest BCUT2D eigenvalue weighted by molar-refractivity contribution is -0.128. The van der Waals surface area contributed by atoms with E-state index in [1.54, 1.807) is 11.9 Å². The second-order valence-corrected chi connectivity index (χ2v) is 4.77. The van der Waals surface area contributed by atoms with Crippen LogP contribution < -0.4 is 5.73 Å². The second-order valence-electron chi connectivity index (χ2n) is 4.77. The molecule has 0 fully saturated rings. The molecule has 0 unspecified atom stereocenters. The number of hydrogen-bond donors (Lipinski definition) is 2. The highest BCUT2D eigenvalue weighted by Crippen LogP contribution is 2.17. The molecule has 1 amide bonds. The van der Waals surface area contributed by atoms with E-state index in [9.17, 15) is 4.79 Å². The van der Waals surface area contributed by atoms with Crippen LogP contribution in [0.1, 0.15) is 12.1 Å². The molecule has 0 saturated carbocycles. The zero-order chi connectivity index (χ0) is 14.4. The Bertz CT molecular complexity index is 556. The van der Waals surface area contributed by atoms with Gasteiger partial charge in [-0.05, 0) is 18.9 Å². The Morgan fingerprint density at radius 1 is 1.33 bits per heavy atom. The molecular weight excluding hydrogens is 288 g/mol. The number of halogens is 1. The average Bonchev–Trinajstić information content (AvgIpc) is 2.96. The summed E-state index contributed by atoms with van der Waals surface area (Å²) in [7, 11) is 1.78. The number of likely N-dealkylation sites (N-methyl/N-ethyl adjacent to an activating group) is 1. The van der Waals surface area contributed by atoms with Gasteiger partial charge in [0.15, 0.2) is 0 Å². The smallest absolute Gasteiger partial charge is 0.236 e. The van der Waals surface area contributed by atoms with Crippen LogP contribution in [0.15, 0.2) is 36.4 Å². The maximum absolute atomic E-state index is 11.3. The van der Waals surface area contributed by atoms with Gasteiger partial charge in [0.25, 0.3) is 0 Å². The molecule has 2 rings (SSSR count). The van der Waals surface area contributed by atoms with E-state index >= 15 is 0 Å². The van der Waals surface area contributed by atoms with Crippen molar-refractivity contribution in [2.45, 2.75) is 12.8 Å². The Labute approximate surface area is 130 Å². The molecular formula is C15H21ClN4O. The lowest BCUT2D eigenvalue weighted by Gasteiger charge is -2.15. The summed E-state index contributed by atoms with van der Waals surface area (Å²) in [6.45, 7) is 0.772. The van der Waals surface area contributed by atoms with E-state index in [1.807, 2.05) is 30.3 Å². The fourth-order valence-corrected chi connectivity index (χ4v) is 2.03. The van der Waals surface area contributed by atoms with Crippen LogP contribution in [0.4, 0.5) is 0 Å². The number of carbonyl (C=O) groups excluding carboxylic acids is 1. The van der Waals surface area contributed by atoms with Crippen LogP contribution in [-0.2, 0) is 11.2 Å². The number of nitrogens with one attached hydrogen (secondary N) is 1. The number of hydrogen-bond acceptors (Lipinski definition) is 3. The van der Waals surface area contributed by atoms with Crippen molar-refractivity contribution in [1.82, 2.24) is 15.1 Å². The molecule has 0 radical (unpaired) electrons. The van der Waals surface area contributed by atoms with Crippen LogP contribution in [0.3, 0.4) is 0 Å². The van der Waals surface area contributed by atoms with Crippen LogP contribution in [0.25, 0.3) is 11.3 Å². The first kappa shape index (κ1) is 17.2. The third kappa shape index (κ3) is 4.88. The number of aromatic amines is 1. The largest absolute Gasteiger partial charge is 0.345 e. The number of carbonyl (C=O) groups is 1. The summed E-state index contributed by atoms with van der Waals surface area (Å²) in [6, 6.07) is 12.1. The number of benzene rings is 1. The SMILES string of the molecule is CN(CCCc1cc(-c2ccccc2)n[nH]1)C(=O)CN.Cl. The highest BCUT2D eigenvalue weighted by Gasteiger charge is 2.07. The van der Waals surface area contributed by atoms with E-state index < -0.39 is 0 Å². The average molecular weight is 309 g/mol. The Morgan fingerprint density at radius 3 is 2.71 bits per heavy atom. The molecule has 114 valence electrons. The number of amides is 1. The predicted octanol–water partition coefficient (Wildman–Crippen LogP) is 1.85. The molecule has 0 bridgehead atoms. The van der Waals surface area contributed by atoms with Gasteiger partial charge in [0.1, 0.15) is 0 Å². The third-order valence-corrected chi connectivity index (χ3v) is 3.24. The number of nitrogens with zero attached hydrogens (tertiary/aromatic N) is 2. The Hall–Kier alpha value is -1.85. The number of aryl methyl sites for hydroxylation is 1. The maximum atomic E-state index is 11.3. The first-order valence-electron chi connectivity index (χ1n) is 6.74. The maximum Gasteiger partial charge on any atom is 0.236 e. The normalized spacial score (nSPS) is 10.0. The summed E-state index contributed by atoms with van der Waals surface area (Å²) in [5.74, 6) is -0.0282. The van der Waals surface area contributed by atoms with Crippen molar-refractivity contribution in [2.24, 2.45) is 5.73 Å². The molecule has 0 saturated heterocycles. The summed E-state index contributed by atoms with van der Waals surface area (Å²) in [6.07, 6.45) is 1.75. The molecule has 2 aromatic rings. The fourth-order valence-electron chi connectivity index (χ4n) is 2.03. The van der Waals surface area contributed by atoms with Crippen molar-refractivity contribution in [1.29, 1.82) is 0 Å². The van der Waals surface area contributed by atoms with E-state index in [1.165, 1.54) is 0 Å². The number of aromatic nitrogens is 2. The zero-order valence-corrected chi connectivity index (χ0v) is 12.9. The van der Waals surface area contributed by atoms with Crippen molar-refractivity contribution >= 4 is 18.3 Å². The standard InChI is InChI=1S/C15H20N4O.ClH/c1-19(15(20)11-16)9-5-8-13-10-14(18-17-13)12-6-3-2-4-7-12;/h2-4,6-7,10H,5,8-9,11,16H2,1H3,(H,17,18);1H. The molecule has 5 nitrogen and oxygen atoms in total. The lowest BCUT2D eigenvalue weighted by atomic mass is 10.1. The van der Waals surface area contributed by atoms with Gasteiger partial charge in [-0.2, -0.15) is 5.10 Å². The number of H-pyrrole nitrogens is 1. The molecule has 0 aliphatic heterocycles. The van der Waals surface area contributed by atoms with Gasteiger partial charge in [-0.3, -0.25) is 9.89 Å². The molecule has 0 spiro atoms. The van der Waals surface area contributed by atoms with Gasteiger partial charge < -0.3 is 10.6 Å². The molecule has 3 N–H and O–H groups in total. The Balaban J connectivity index is 0.00000220. The van der Waals surface area contributed by atoms with Crippen molar-refractivity contribution in [3.8, 4) is 11.3 Å². The van der Waals surface area contributed by atoms with Gasteiger partial charge in [0, 0.05) is 24.8 Å². The predicted molar refractivity (Wildman–Crippen MR) is 86.3 cm³/mol. The van der Waals surface area contributed by atoms with E-state index in [2.05, 4.69) is 16.3 Å². The number of nitrogens with two attached hydrogens (primary N) is 1. The Morgan fingerprint density at radius 2 is 2.05 bits per heavy atom. The summed E-state index contributed by atoms with van der Waals surface area (Å²) in [5, 5.41) is 7.35. The summed E-state index contributed by atoms with van der Waals surface area (Å²) < 4.78 is 0. The topological polar surface area (TPSA) is 75.0 Å². The van der Waals surface area contributed by atoms with Gasteiger partial charge in [0.05, 0.1) is 12.2 Å². The minimum absolute atomic E-state index is 0. The molecule has 21 heavy (non-hydrogen) atoms. The summed E-state index contributed by atoms with van der Waals surface area (Å²) >= 11 is 0. The van der Waals surface area contributed by atoms with Crippen molar-refractivity contribution in [2.75, 3.05) is 20.1 Å². The van der Waals surface area contributed by atoms with E-state index in [0.29, 0.717) is 6.54 Å². The minimum Gasteiger partial charge on any atom is -0.345 e. The molecule has 1 heterocycles. The van der Waals surface area contributed by atoms with Gasteiger partial charge in [-0.1, -0.05) is 30.3 Å². The van der Waals surface area contributed by atoms with Crippen LogP contribution in [-0.4, -0.2) is 41.1 Å². The van der Waals surface area contributed by atoms with Crippen LogP contribution >= 0.6 is 12.4 Å². The summed E-state index contributed by atoms with van der Waals surface area (Å²) in [4.78, 5) is 13.0. The van der Waals surface area contributed by atoms with Gasteiger partial charge >= 0.3 is 0 Å². The molecule has 0 aliphatic carbocycles. The second kappa shape index (κ2) is 8.44. The van der Waals surface area contributed by atoms with E-state index in [4.69, 9.17) is 5.73 Å². The van der Waals surface area contributed by atoms with Crippen molar-refractivity contribution in [3.05, 3.63) is 42.1 Å². The first-order valence-corrected chi connectivity index (χ1v) is 6.74. The molecule has 1 aromatic carbocycles. The van der Waals surface area contributed by atoms with Gasteiger partial charge in [-0.25, -0.2) is 0 Å². The van der Waals surface area contributed by atoms with Crippen molar-refractivity contribution in [3.63, 3.8) is 0 Å². The Kier molecular flexibility index (Phi) is 6.91. The highest BCUT2D eigenvalue weighted by molar-refractivity contribution is 5.85.